The fourth-order valence-corrected chi connectivity index (χ4v) is 5.39. The molecule has 28 heavy (non-hydrogen) atoms. The van der Waals surface area contributed by atoms with Gasteiger partial charge < -0.3 is 9.84 Å². The zero-order chi connectivity index (χ0) is 19.4. The predicted octanol–water partition coefficient (Wildman–Crippen LogP) is 5.94. The van der Waals surface area contributed by atoms with Crippen molar-refractivity contribution in [2.45, 2.75) is 44.9 Å². The van der Waals surface area contributed by atoms with Crippen LogP contribution < -0.4 is 4.74 Å². The maximum absolute atomic E-state index is 12.9. The molecule has 3 aromatic carbocycles. The van der Waals surface area contributed by atoms with Crippen LogP contribution in [0.5, 0.6) is 11.5 Å². The lowest BCUT2D eigenvalue weighted by atomic mass is 9.81. The number of rotatable bonds is 3. The van der Waals surface area contributed by atoms with Crippen molar-refractivity contribution >= 4 is 16.7 Å². The number of benzene rings is 3. The van der Waals surface area contributed by atoms with E-state index in [-0.39, 0.29) is 5.97 Å². The molecule has 0 spiro atoms. The molecule has 0 aliphatic heterocycles. The summed E-state index contributed by atoms with van der Waals surface area (Å²) in [6.07, 6.45) is 2.94. The molecule has 0 aromatic heterocycles. The van der Waals surface area contributed by atoms with Crippen molar-refractivity contribution in [2.75, 3.05) is 0 Å². The molecule has 1 saturated carbocycles. The van der Waals surface area contributed by atoms with Crippen LogP contribution in [-0.2, 0) is 6.42 Å². The van der Waals surface area contributed by atoms with E-state index in [0.29, 0.717) is 34.8 Å². The second kappa shape index (κ2) is 6.37. The maximum atomic E-state index is 12.9. The highest BCUT2D eigenvalue weighted by Crippen LogP contribution is 2.63. The van der Waals surface area contributed by atoms with Gasteiger partial charge in [0.15, 0.2) is 0 Å². The molecule has 3 heteroatoms. The molecular formula is C25H24O3. The molecule has 2 bridgehead atoms. The van der Waals surface area contributed by atoms with Crippen LogP contribution in [0, 0.1) is 5.92 Å². The first-order valence-electron chi connectivity index (χ1n) is 10.2. The number of carbonyl (C=O) groups excluding carboxylic acids is 1. The van der Waals surface area contributed by atoms with Gasteiger partial charge in [0.25, 0.3) is 0 Å². The smallest absolute Gasteiger partial charge is 0.343 e. The van der Waals surface area contributed by atoms with Crippen LogP contribution in [-0.4, -0.2) is 11.1 Å². The Morgan fingerprint density at radius 1 is 1.07 bits per heavy atom. The summed E-state index contributed by atoms with van der Waals surface area (Å²) >= 11 is 0. The Morgan fingerprint density at radius 2 is 1.86 bits per heavy atom. The number of esters is 1. The van der Waals surface area contributed by atoms with Gasteiger partial charge in [0.1, 0.15) is 11.5 Å². The second-order valence-corrected chi connectivity index (χ2v) is 8.21. The zero-order valence-electron chi connectivity index (χ0n) is 16.2. The molecule has 0 saturated heterocycles. The van der Waals surface area contributed by atoms with Crippen molar-refractivity contribution in [3.05, 3.63) is 70.8 Å². The Kier molecular flexibility index (Phi) is 3.94. The summed E-state index contributed by atoms with van der Waals surface area (Å²) in [4.78, 5) is 12.9. The van der Waals surface area contributed by atoms with Gasteiger partial charge in [-0.05, 0) is 54.7 Å². The number of aryl methyl sites for hydroxylation is 1. The van der Waals surface area contributed by atoms with Crippen molar-refractivity contribution in [1.82, 2.24) is 0 Å². The molecule has 0 amide bonds. The predicted molar refractivity (Wildman–Crippen MR) is 110 cm³/mol. The number of carbonyl (C=O) groups is 1. The third kappa shape index (κ3) is 2.39. The van der Waals surface area contributed by atoms with Crippen molar-refractivity contribution in [2.24, 2.45) is 5.92 Å². The fourth-order valence-electron chi connectivity index (χ4n) is 5.39. The number of aromatic hydroxyl groups is 1. The summed E-state index contributed by atoms with van der Waals surface area (Å²) in [5, 5.41) is 12.9. The van der Waals surface area contributed by atoms with E-state index in [1.54, 1.807) is 12.1 Å². The van der Waals surface area contributed by atoms with Gasteiger partial charge in [-0.15, -0.1) is 0 Å². The van der Waals surface area contributed by atoms with Crippen molar-refractivity contribution in [1.29, 1.82) is 0 Å². The summed E-state index contributed by atoms with van der Waals surface area (Å²) in [5.74, 6) is 1.98. The monoisotopic (exact) mass is 372 g/mol. The topological polar surface area (TPSA) is 46.5 Å². The van der Waals surface area contributed by atoms with E-state index in [1.165, 1.54) is 0 Å². The van der Waals surface area contributed by atoms with Crippen LogP contribution in [0.4, 0.5) is 0 Å². The highest BCUT2D eigenvalue weighted by molar-refractivity contribution is 6.02. The highest BCUT2D eigenvalue weighted by atomic mass is 16.5. The molecule has 1 fully saturated rings. The van der Waals surface area contributed by atoms with Crippen LogP contribution in [0.3, 0.4) is 0 Å². The van der Waals surface area contributed by atoms with Gasteiger partial charge in [-0.25, -0.2) is 4.79 Å². The fraction of sp³-hybridized carbons (Fsp3) is 0.320. The minimum absolute atomic E-state index is 0.337. The molecule has 2 aliphatic carbocycles. The summed E-state index contributed by atoms with van der Waals surface area (Å²) in [7, 11) is 0. The van der Waals surface area contributed by atoms with Gasteiger partial charge >= 0.3 is 5.97 Å². The van der Waals surface area contributed by atoms with Crippen molar-refractivity contribution in [3.8, 4) is 11.5 Å². The van der Waals surface area contributed by atoms with Crippen LogP contribution in [0.1, 0.15) is 65.6 Å². The third-order valence-corrected chi connectivity index (χ3v) is 6.67. The Hall–Kier alpha value is -2.81. The SMILES string of the molecule is CCc1cccc2c(O)c3c(c(OC(=O)c4ccccc4)c12)C1CC(C)C3C1. The summed E-state index contributed by atoms with van der Waals surface area (Å²) in [6.45, 7) is 4.35. The van der Waals surface area contributed by atoms with Gasteiger partial charge in [-0.3, -0.25) is 0 Å². The normalized spacial score (nSPS) is 22.4. The van der Waals surface area contributed by atoms with Gasteiger partial charge in [0.2, 0.25) is 0 Å². The number of phenolic OH excluding ortho intramolecular Hbond substituents is 1. The standard InChI is InChI=1S/C25H24O3/c1-3-15-10-7-11-18-20(15)24(28-25(27)16-8-5-4-6-9-16)21-17-12-14(2)19(13-17)22(21)23(18)26/h4-11,14,17,19,26H,3,12-13H2,1-2H3. The number of hydrogen-bond donors (Lipinski definition) is 1. The molecule has 3 nitrogen and oxygen atoms in total. The van der Waals surface area contributed by atoms with Gasteiger partial charge in [-0.1, -0.05) is 50.2 Å². The first-order valence-corrected chi connectivity index (χ1v) is 10.2. The summed E-state index contributed by atoms with van der Waals surface area (Å²) < 4.78 is 6.09. The first-order chi connectivity index (χ1) is 13.6. The zero-order valence-corrected chi connectivity index (χ0v) is 16.2. The molecule has 3 atom stereocenters. The van der Waals surface area contributed by atoms with E-state index < -0.39 is 0 Å². The Labute approximate surface area is 165 Å². The Balaban J connectivity index is 1.77. The molecular weight excluding hydrogens is 348 g/mol. The second-order valence-electron chi connectivity index (χ2n) is 8.21. The lowest BCUT2D eigenvalue weighted by Gasteiger charge is -2.26. The molecule has 1 N–H and O–H groups in total. The van der Waals surface area contributed by atoms with E-state index in [4.69, 9.17) is 4.74 Å². The lowest BCUT2D eigenvalue weighted by Crippen LogP contribution is -2.14. The first kappa shape index (κ1) is 17.3. The average Bonchev–Trinajstić information content (AvgIpc) is 3.28. The van der Waals surface area contributed by atoms with Crippen LogP contribution >= 0.6 is 0 Å². The molecule has 142 valence electrons. The molecule has 2 aliphatic rings. The number of fused-ring (bicyclic) bond motifs is 6. The minimum atomic E-state index is -0.337. The van der Waals surface area contributed by atoms with Crippen LogP contribution in [0.25, 0.3) is 10.8 Å². The van der Waals surface area contributed by atoms with Gasteiger partial charge in [-0.2, -0.15) is 0 Å². The van der Waals surface area contributed by atoms with E-state index in [0.717, 1.165) is 46.7 Å². The Bertz CT molecular complexity index is 1080. The van der Waals surface area contributed by atoms with Crippen LogP contribution in [0.15, 0.2) is 48.5 Å². The van der Waals surface area contributed by atoms with E-state index in [1.807, 2.05) is 30.3 Å². The number of phenols is 1. The van der Waals surface area contributed by atoms with Gasteiger partial charge in [0.05, 0.1) is 5.56 Å². The number of hydrogen-bond acceptors (Lipinski definition) is 3. The van der Waals surface area contributed by atoms with E-state index >= 15 is 0 Å². The molecule has 0 heterocycles. The molecule has 3 unspecified atom stereocenters. The summed E-state index contributed by atoms with van der Waals surface area (Å²) in [6, 6.07) is 15.1. The molecule has 3 aromatic rings. The van der Waals surface area contributed by atoms with Crippen molar-refractivity contribution in [3.63, 3.8) is 0 Å². The highest BCUT2D eigenvalue weighted by Gasteiger charge is 2.46. The third-order valence-electron chi connectivity index (χ3n) is 6.67. The average molecular weight is 372 g/mol. The molecule has 5 rings (SSSR count). The van der Waals surface area contributed by atoms with E-state index in [2.05, 4.69) is 19.9 Å². The Morgan fingerprint density at radius 3 is 2.61 bits per heavy atom. The van der Waals surface area contributed by atoms with Crippen LogP contribution in [0.2, 0.25) is 0 Å². The minimum Gasteiger partial charge on any atom is -0.507 e. The quantitative estimate of drug-likeness (QED) is 0.457. The molecule has 0 radical (unpaired) electrons. The largest absolute Gasteiger partial charge is 0.507 e. The van der Waals surface area contributed by atoms with E-state index in [9.17, 15) is 9.90 Å². The maximum Gasteiger partial charge on any atom is 0.343 e. The summed E-state index contributed by atoms with van der Waals surface area (Å²) in [5.41, 5.74) is 3.73. The van der Waals surface area contributed by atoms with Gasteiger partial charge in [0, 0.05) is 21.9 Å². The lowest BCUT2D eigenvalue weighted by molar-refractivity contribution is 0.0734. The number of ether oxygens (including phenoxy) is 1. The van der Waals surface area contributed by atoms with Crippen molar-refractivity contribution < 1.29 is 14.6 Å².